The van der Waals surface area contributed by atoms with Gasteiger partial charge in [0.25, 0.3) is 0 Å². The van der Waals surface area contributed by atoms with Crippen LogP contribution in [-0.2, 0) is 21.9 Å². The first-order valence-electron chi connectivity index (χ1n) is 8.85. The Morgan fingerprint density at radius 2 is 2.00 bits per heavy atom. The van der Waals surface area contributed by atoms with Crippen LogP contribution in [0, 0.1) is 5.82 Å². The van der Waals surface area contributed by atoms with Crippen molar-refractivity contribution in [1.82, 2.24) is 5.32 Å². The summed E-state index contributed by atoms with van der Waals surface area (Å²) in [5.41, 5.74) is 2.08. The number of hydrogen-bond acceptors (Lipinski definition) is 4. The van der Waals surface area contributed by atoms with Crippen LogP contribution in [0.3, 0.4) is 0 Å². The summed E-state index contributed by atoms with van der Waals surface area (Å²) in [4.78, 5) is 12.0. The van der Waals surface area contributed by atoms with Crippen molar-refractivity contribution in [2.24, 2.45) is 0 Å². The van der Waals surface area contributed by atoms with Crippen molar-refractivity contribution < 1.29 is 18.7 Å². The lowest BCUT2D eigenvalue weighted by molar-refractivity contribution is -0.119. The van der Waals surface area contributed by atoms with Gasteiger partial charge in [0.2, 0.25) is 12.2 Å². The predicted molar refractivity (Wildman–Crippen MR) is 105 cm³/mol. The third-order valence-electron chi connectivity index (χ3n) is 3.90. The van der Waals surface area contributed by atoms with Gasteiger partial charge in [-0.25, -0.2) is 4.39 Å². The molecule has 0 saturated carbocycles. The molecule has 1 atom stereocenters. The molecule has 0 aromatic heterocycles. The zero-order valence-corrected chi connectivity index (χ0v) is 16.6. The first-order chi connectivity index (χ1) is 12.8. The van der Waals surface area contributed by atoms with E-state index in [2.05, 4.69) is 5.32 Å². The van der Waals surface area contributed by atoms with Crippen molar-refractivity contribution in [3.63, 3.8) is 0 Å². The van der Waals surface area contributed by atoms with Crippen LogP contribution >= 0.6 is 11.8 Å². The molecule has 0 saturated heterocycles. The summed E-state index contributed by atoms with van der Waals surface area (Å²) in [6, 6.07) is 12.6. The first-order valence-corrected chi connectivity index (χ1v) is 10.0. The van der Waals surface area contributed by atoms with Crippen molar-refractivity contribution in [2.75, 3.05) is 5.75 Å². The number of nitrogens with one attached hydrogen (secondary N) is 1. The van der Waals surface area contributed by atoms with Crippen LogP contribution in [0.1, 0.15) is 43.8 Å². The zero-order chi connectivity index (χ0) is 19.4. The number of rotatable bonds is 5. The van der Waals surface area contributed by atoms with E-state index in [0.717, 1.165) is 11.1 Å². The van der Waals surface area contributed by atoms with Gasteiger partial charge in [0.15, 0.2) is 0 Å². The first kappa shape index (κ1) is 19.7. The van der Waals surface area contributed by atoms with Crippen molar-refractivity contribution in [2.45, 2.75) is 45.0 Å². The molecule has 0 radical (unpaired) electrons. The fourth-order valence-corrected chi connectivity index (χ4v) is 3.66. The summed E-state index contributed by atoms with van der Waals surface area (Å²) in [6.45, 7) is 6.11. The molecular weight excluding hydrogens is 365 g/mol. The Morgan fingerprint density at radius 3 is 2.70 bits per heavy atom. The summed E-state index contributed by atoms with van der Waals surface area (Å²) < 4.78 is 25.8. The molecule has 3 rings (SSSR count). The van der Waals surface area contributed by atoms with E-state index in [-0.39, 0.29) is 23.9 Å². The van der Waals surface area contributed by atoms with Gasteiger partial charge in [0.1, 0.15) is 11.6 Å². The highest BCUT2D eigenvalue weighted by molar-refractivity contribution is 7.99. The number of ether oxygens (including phenoxy) is 2. The second kappa shape index (κ2) is 8.31. The maximum Gasteiger partial charge on any atom is 0.230 e. The highest BCUT2D eigenvalue weighted by Gasteiger charge is 2.25. The summed E-state index contributed by atoms with van der Waals surface area (Å²) in [5.74, 6) is 1.08. The van der Waals surface area contributed by atoms with E-state index < -0.39 is 6.29 Å². The van der Waals surface area contributed by atoms with Crippen LogP contribution < -0.4 is 10.1 Å². The predicted octanol–water partition coefficient (Wildman–Crippen LogP) is 4.58. The van der Waals surface area contributed by atoms with Gasteiger partial charge in [-0.15, -0.1) is 11.8 Å². The number of amides is 1. The zero-order valence-electron chi connectivity index (χ0n) is 15.8. The van der Waals surface area contributed by atoms with Gasteiger partial charge in [-0.05, 0) is 32.9 Å². The Kier molecular flexibility index (Phi) is 6.07. The maximum absolute atomic E-state index is 14.0. The number of hydrogen-bond donors (Lipinski definition) is 1. The highest BCUT2D eigenvalue weighted by atomic mass is 32.2. The molecule has 2 aromatic carbocycles. The van der Waals surface area contributed by atoms with Crippen LogP contribution in [0.15, 0.2) is 42.5 Å². The van der Waals surface area contributed by atoms with Gasteiger partial charge in [-0.3, -0.25) is 4.79 Å². The van der Waals surface area contributed by atoms with E-state index in [1.54, 1.807) is 0 Å². The molecule has 0 fully saturated rings. The monoisotopic (exact) mass is 389 g/mol. The molecule has 1 N–H and O–H groups in total. The molecule has 1 heterocycles. The van der Waals surface area contributed by atoms with Crippen molar-refractivity contribution in [1.29, 1.82) is 0 Å². The van der Waals surface area contributed by atoms with Gasteiger partial charge < -0.3 is 14.8 Å². The molecule has 6 heteroatoms. The average molecular weight is 389 g/mol. The van der Waals surface area contributed by atoms with Gasteiger partial charge in [-0.2, -0.15) is 0 Å². The normalized spacial score (nSPS) is 16.4. The van der Waals surface area contributed by atoms with Gasteiger partial charge in [-0.1, -0.05) is 30.3 Å². The van der Waals surface area contributed by atoms with E-state index in [0.29, 0.717) is 22.8 Å². The molecule has 1 aliphatic heterocycles. The lowest BCUT2D eigenvalue weighted by atomic mass is 10.1. The standard InChI is InChI=1S/C21H24FNO3S/c1-21(2,3)23-18(24)13-27-12-16-10-17(22)9-15-11-25-20(26-19(15)16)14-7-5-4-6-8-14/h4-10,20H,11-13H2,1-3H3,(H,23,24)/t20-/m0/s1. The van der Waals surface area contributed by atoms with Crippen LogP contribution in [0.25, 0.3) is 0 Å². The average Bonchev–Trinajstić information content (AvgIpc) is 2.60. The van der Waals surface area contributed by atoms with E-state index >= 15 is 0 Å². The summed E-state index contributed by atoms with van der Waals surface area (Å²) in [6.07, 6.45) is -0.517. The molecule has 27 heavy (non-hydrogen) atoms. The highest BCUT2D eigenvalue weighted by Crippen LogP contribution is 2.37. The minimum Gasteiger partial charge on any atom is -0.460 e. The molecule has 2 aromatic rings. The fraction of sp³-hybridized carbons (Fsp3) is 0.381. The second-order valence-corrected chi connectivity index (χ2v) is 8.50. The van der Waals surface area contributed by atoms with E-state index in [1.165, 1.54) is 23.9 Å². The number of halogens is 1. The topological polar surface area (TPSA) is 47.6 Å². The van der Waals surface area contributed by atoms with Crippen LogP contribution in [-0.4, -0.2) is 17.2 Å². The Morgan fingerprint density at radius 1 is 1.26 bits per heavy atom. The second-order valence-electron chi connectivity index (χ2n) is 7.52. The minimum absolute atomic E-state index is 0.0378. The van der Waals surface area contributed by atoms with Crippen LogP contribution in [0.4, 0.5) is 4.39 Å². The largest absolute Gasteiger partial charge is 0.460 e. The molecule has 144 valence electrons. The van der Waals surface area contributed by atoms with Gasteiger partial charge in [0.05, 0.1) is 12.4 Å². The number of fused-ring (bicyclic) bond motifs is 1. The van der Waals surface area contributed by atoms with E-state index in [9.17, 15) is 9.18 Å². The third kappa shape index (κ3) is 5.47. The quantitative estimate of drug-likeness (QED) is 0.813. The maximum atomic E-state index is 14.0. The Bertz CT molecular complexity index is 805. The minimum atomic E-state index is -0.517. The lowest BCUT2D eigenvalue weighted by Crippen LogP contribution is -2.41. The molecule has 4 nitrogen and oxygen atoms in total. The van der Waals surface area contributed by atoms with Crippen LogP contribution in [0.5, 0.6) is 5.75 Å². The molecule has 1 aliphatic rings. The molecular formula is C21H24FNO3S. The molecule has 1 amide bonds. The SMILES string of the molecule is CC(C)(C)NC(=O)CSCc1cc(F)cc2c1O[C@@H](c1ccccc1)OC2. The van der Waals surface area contributed by atoms with Crippen molar-refractivity contribution in [3.8, 4) is 5.75 Å². The summed E-state index contributed by atoms with van der Waals surface area (Å²) in [7, 11) is 0. The summed E-state index contributed by atoms with van der Waals surface area (Å²) >= 11 is 1.43. The molecule has 0 unspecified atom stereocenters. The molecule has 0 spiro atoms. The van der Waals surface area contributed by atoms with Crippen molar-refractivity contribution in [3.05, 3.63) is 65.0 Å². The molecule has 0 bridgehead atoms. The smallest absolute Gasteiger partial charge is 0.230 e. The number of carbonyl (C=O) groups excluding carboxylic acids is 1. The number of benzene rings is 2. The number of carbonyl (C=O) groups is 1. The van der Waals surface area contributed by atoms with Gasteiger partial charge >= 0.3 is 0 Å². The van der Waals surface area contributed by atoms with E-state index in [4.69, 9.17) is 9.47 Å². The Labute approximate surface area is 163 Å². The van der Waals surface area contributed by atoms with Crippen LogP contribution in [0.2, 0.25) is 0 Å². The summed E-state index contributed by atoms with van der Waals surface area (Å²) in [5, 5.41) is 2.92. The third-order valence-corrected chi connectivity index (χ3v) is 4.88. The lowest BCUT2D eigenvalue weighted by Gasteiger charge is -2.28. The van der Waals surface area contributed by atoms with E-state index in [1.807, 2.05) is 51.1 Å². The number of thioether (sulfide) groups is 1. The fourth-order valence-electron chi connectivity index (χ4n) is 2.87. The molecule has 0 aliphatic carbocycles. The van der Waals surface area contributed by atoms with Crippen molar-refractivity contribution >= 4 is 17.7 Å². The van der Waals surface area contributed by atoms with Gasteiger partial charge in [0, 0.05) is 28.0 Å². The Hall–Kier alpha value is -2.05. The Balaban J connectivity index is 1.70.